The quantitative estimate of drug-likeness (QED) is 0.351. The average molecular weight is 498 g/mol. The van der Waals surface area contributed by atoms with Crippen molar-refractivity contribution in [3.63, 3.8) is 0 Å². The van der Waals surface area contributed by atoms with Gasteiger partial charge in [0, 0.05) is 26.4 Å². The van der Waals surface area contributed by atoms with Crippen LogP contribution in [0.4, 0.5) is 0 Å². The third kappa shape index (κ3) is 5.27. The van der Waals surface area contributed by atoms with Crippen molar-refractivity contribution in [3.05, 3.63) is 82.9 Å². The van der Waals surface area contributed by atoms with Crippen LogP contribution < -0.4 is 9.47 Å². The lowest BCUT2D eigenvalue weighted by molar-refractivity contribution is -0.131. The minimum atomic E-state index is -0.410. The largest absolute Gasteiger partial charge is 0.454 e. The Bertz CT molecular complexity index is 1320. The maximum absolute atomic E-state index is 13.5. The Hall–Kier alpha value is -3.60. The molecular weight excluding hydrogens is 462 g/mol. The van der Waals surface area contributed by atoms with Gasteiger partial charge in [0.05, 0.1) is 5.41 Å². The fourth-order valence-corrected chi connectivity index (χ4v) is 5.15. The Morgan fingerprint density at radius 3 is 2.32 bits per heavy atom. The Morgan fingerprint density at radius 1 is 0.919 bits per heavy atom. The van der Waals surface area contributed by atoms with Gasteiger partial charge < -0.3 is 14.4 Å². The standard InChI is InChI=1S/C32H35NO4/c1-21(2)15-31(35)33(4)19-23-7-9-25(10-8-23)27-16-24(6-5-22(27)3)17-30(34)32(13-14-32)26-11-12-28-29(18-26)37-20-36-28/h5-12,16,18,21H,13-15,17,19-20H2,1-4H3. The molecule has 0 saturated heterocycles. The molecule has 0 atom stereocenters. The number of nitrogens with zero attached hydrogens (tertiary/aromatic N) is 1. The van der Waals surface area contributed by atoms with Gasteiger partial charge in [-0.3, -0.25) is 9.59 Å². The van der Waals surface area contributed by atoms with Gasteiger partial charge in [0.2, 0.25) is 12.7 Å². The van der Waals surface area contributed by atoms with Crippen molar-refractivity contribution < 1.29 is 19.1 Å². The third-order valence-electron chi connectivity index (χ3n) is 7.57. The lowest BCUT2D eigenvalue weighted by Crippen LogP contribution is -2.27. The smallest absolute Gasteiger partial charge is 0.231 e. The number of hydrogen-bond donors (Lipinski definition) is 0. The molecule has 0 radical (unpaired) electrons. The average Bonchev–Trinajstić information content (AvgIpc) is 3.56. The van der Waals surface area contributed by atoms with E-state index in [0.717, 1.165) is 52.2 Å². The summed E-state index contributed by atoms with van der Waals surface area (Å²) in [5.41, 5.74) is 6.17. The first-order valence-electron chi connectivity index (χ1n) is 13.1. The van der Waals surface area contributed by atoms with Gasteiger partial charge in [0.15, 0.2) is 11.5 Å². The summed E-state index contributed by atoms with van der Waals surface area (Å²) in [6.45, 7) is 7.06. The minimum absolute atomic E-state index is 0.168. The molecule has 0 unspecified atom stereocenters. The summed E-state index contributed by atoms with van der Waals surface area (Å²) in [5.74, 6) is 2.25. The highest BCUT2D eigenvalue weighted by atomic mass is 16.7. The van der Waals surface area contributed by atoms with Crippen LogP contribution in [0.15, 0.2) is 60.7 Å². The molecule has 3 aromatic carbocycles. The number of fused-ring (bicyclic) bond motifs is 1. The van der Waals surface area contributed by atoms with Gasteiger partial charge in [0.1, 0.15) is 5.78 Å². The molecule has 37 heavy (non-hydrogen) atoms. The molecule has 0 bridgehead atoms. The van der Waals surface area contributed by atoms with E-state index in [-0.39, 0.29) is 18.5 Å². The molecule has 5 rings (SSSR count). The number of ether oxygens (including phenoxy) is 2. The van der Waals surface area contributed by atoms with Crippen LogP contribution in [-0.2, 0) is 28.0 Å². The Morgan fingerprint density at radius 2 is 1.62 bits per heavy atom. The van der Waals surface area contributed by atoms with Gasteiger partial charge in [-0.1, -0.05) is 62.4 Å². The first-order valence-corrected chi connectivity index (χ1v) is 13.1. The second-order valence-electron chi connectivity index (χ2n) is 10.9. The Kier molecular flexibility index (Phi) is 6.80. The van der Waals surface area contributed by atoms with Gasteiger partial charge in [-0.25, -0.2) is 0 Å². The summed E-state index contributed by atoms with van der Waals surface area (Å²) < 4.78 is 11.0. The molecule has 5 nitrogen and oxygen atoms in total. The number of aryl methyl sites for hydroxylation is 1. The molecule has 0 aromatic heterocycles. The first kappa shape index (κ1) is 25.1. The number of benzene rings is 3. The van der Waals surface area contributed by atoms with Crippen LogP contribution >= 0.6 is 0 Å². The first-order chi connectivity index (χ1) is 17.7. The summed E-state index contributed by atoms with van der Waals surface area (Å²) in [6.07, 6.45) is 2.72. The van der Waals surface area contributed by atoms with Crippen molar-refractivity contribution in [1.82, 2.24) is 4.90 Å². The molecule has 192 valence electrons. The highest BCUT2D eigenvalue weighted by molar-refractivity contribution is 5.95. The van der Waals surface area contributed by atoms with Gasteiger partial charge in [-0.15, -0.1) is 0 Å². The highest BCUT2D eigenvalue weighted by Gasteiger charge is 2.50. The molecule has 0 spiro atoms. The molecule has 1 fully saturated rings. The van der Waals surface area contributed by atoms with Gasteiger partial charge in [0.25, 0.3) is 0 Å². The number of ketones is 1. The van der Waals surface area contributed by atoms with Gasteiger partial charge in [-0.2, -0.15) is 0 Å². The van der Waals surface area contributed by atoms with Crippen molar-refractivity contribution in [2.45, 2.75) is 58.4 Å². The monoisotopic (exact) mass is 497 g/mol. The minimum Gasteiger partial charge on any atom is -0.454 e. The summed E-state index contributed by atoms with van der Waals surface area (Å²) in [6, 6.07) is 20.6. The predicted molar refractivity (Wildman–Crippen MR) is 145 cm³/mol. The number of amides is 1. The number of Topliss-reactive ketones (excluding diaryl/α,β-unsaturated/α-hetero) is 1. The third-order valence-corrected chi connectivity index (χ3v) is 7.57. The van der Waals surface area contributed by atoms with Crippen LogP contribution in [0, 0.1) is 12.8 Å². The fourth-order valence-electron chi connectivity index (χ4n) is 5.15. The number of carbonyl (C=O) groups excluding carboxylic acids is 2. The molecule has 1 heterocycles. The second kappa shape index (κ2) is 10.0. The molecule has 1 aliphatic carbocycles. The summed E-state index contributed by atoms with van der Waals surface area (Å²) in [4.78, 5) is 27.6. The highest BCUT2D eigenvalue weighted by Crippen LogP contribution is 2.51. The van der Waals surface area contributed by atoms with E-state index >= 15 is 0 Å². The van der Waals surface area contributed by atoms with Crippen molar-refractivity contribution in [2.75, 3.05) is 13.8 Å². The maximum atomic E-state index is 13.5. The molecular formula is C32H35NO4. The molecule has 1 aliphatic heterocycles. The van der Waals surface area contributed by atoms with Crippen LogP contribution in [0.1, 0.15) is 55.4 Å². The number of carbonyl (C=O) groups is 2. The number of hydrogen-bond acceptors (Lipinski definition) is 4. The van der Waals surface area contributed by atoms with E-state index < -0.39 is 5.41 Å². The predicted octanol–water partition coefficient (Wildman–Crippen LogP) is 6.24. The van der Waals surface area contributed by atoms with E-state index in [4.69, 9.17) is 9.47 Å². The molecule has 2 aliphatic rings. The lowest BCUT2D eigenvalue weighted by atomic mass is 9.87. The van der Waals surface area contributed by atoms with Crippen LogP contribution in [0.5, 0.6) is 11.5 Å². The Balaban J connectivity index is 1.29. The van der Waals surface area contributed by atoms with Crippen LogP contribution in [0.3, 0.4) is 0 Å². The zero-order valence-corrected chi connectivity index (χ0v) is 22.2. The van der Waals surface area contributed by atoms with Crippen molar-refractivity contribution in [3.8, 4) is 22.6 Å². The zero-order chi connectivity index (χ0) is 26.2. The van der Waals surface area contributed by atoms with E-state index in [9.17, 15) is 9.59 Å². The van der Waals surface area contributed by atoms with Gasteiger partial charge in [-0.05, 0) is 71.2 Å². The fraction of sp³-hybridized carbons (Fsp3) is 0.375. The van der Waals surface area contributed by atoms with Crippen LogP contribution in [-0.4, -0.2) is 30.4 Å². The Labute approximate surface area is 219 Å². The van der Waals surface area contributed by atoms with Crippen molar-refractivity contribution in [2.24, 2.45) is 5.92 Å². The van der Waals surface area contributed by atoms with E-state index in [2.05, 4.69) is 63.2 Å². The van der Waals surface area contributed by atoms with Crippen LogP contribution in [0.25, 0.3) is 11.1 Å². The van der Waals surface area contributed by atoms with E-state index in [1.807, 2.05) is 25.2 Å². The molecule has 5 heteroatoms. The summed E-state index contributed by atoms with van der Waals surface area (Å²) >= 11 is 0. The SMILES string of the molecule is Cc1ccc(CC(=O)C2(c3ccc4c(c3)OCO4)CC2)cc1-c1ccc(CN(C)C(=O)CC(C)C)cc1. The maximum Gasteiger partial charge on any atom is 0.231 e. The number of rotatable bonds is 9. The second-order valence-corrected chi connectivity index (χ2v) is 10.9. The molecule has 3 aromatic rings. The molecule has 0 N–H and O–H groups in total. The van der Waals surface area contributed by atoms with Crippen molar-refractivity contribution in [1.29, 1.82) is 0 Å². The topological polar surface area (TPSA) is 55.8 Å². The lowest BCUT2D eigenvalue weighted by Gasteiger charge is -2.19. The molecule has 1 amide bonds. The van der Waals surface area contributed by atoms with E-state index in [1.54, 1.807) is 4.90 Å². The zero-order valence-electron chi connectivity index (χ0n) is 22.2. The van der Waals surface area contributed by atoms with E-state index in [0.29, 0.717) is 25.3 Å². The van der Waals surface area contributed by atoms with E-state index in [1.165, 1.54) is 5.56 Å². The molecule has 1 saturated carbocycles. The summed E-state index contributed by atoms with van der Waals surface area (Å²) in [7, 11) is 1.86. The summed E-state index contributed by atoms with van der Waals surface area (Å²) in [5, 5.41) is 0. The van der Waals surface area contributed by atoms with Gasteiger partial charge >= 0.3 is 0 Å². The van der Waals surface area contributed by atoms with Crippen LogP contribution in [0.2, 0.25) is 0 Å². The normalized spacial score (nSPS) is 15.1. The van der Waals surface area contributed by atoms with Crippen molar-refractivity contribution >= 4 is 11.7 Å².